The standard InChI is InChI=1S/C9H9F3IN/c1-5-6(4-14)2-7(3-8(5)13)9(10,11)12/h2-3H,4,14H2,1H3. The monoisotopic (exact) mass is 315 g/mol. The summed E-state index contributed by atoms with van der Waals surface area (Å²) in [5, 5.41) is 0. The van der Waals surface area contributed by atoms with Crippen LogP contribution in [-0.2, 0) is 12.7 Å². The molecular weight excluding hydrogens is 306 g/mol. The highest BCUT2D eigenvalue weighted by molar-refractivity contribution is 14.1. The van der Waals surface area contributed by atoms with Gasteiger partial charge in [0.1, 0.15) is 0 Å². The molecule has 2 N–H and O–H groups in total. The van der Waals surface area contributed by atoms with E-state index in [0.29, 0.717) is 9.13 Å². The molecule has 0 bridgehead atoms. The molecule has 1 aromatic carbocycles. The number of nitrogens with two attached hydrogens (primary N) is 1. The predicted octanol–water partition coefficient (Wildman–Crippen LogP) is 3.08. The zero-order chi connectivity index (χ0) is 10.9. The lowest BCUT2D eigenvalue weighted by Gasteiger charge is -2.12. The second-order valence-corrected chi connectivity index (χ2v) is 4.11. The molecule has 1 aromatic rings. The highest BCUT2D eigenvalue weighted by atomic mass is 127. The fourth-order valence-electron chi connectivity index (χ4n) is 1.11. The first kappa shape index (κ1) is 11.8. The van der Waals surface area contributed by atoms with Crippen molar-refractivity contribution < 1.29 is 13.2 Å². The highest BCUT2D eigenvalue weighted by Crippen LogP contribution is 2.32. The molecule has 0 saturated heterocycles. The van der Waals surface area contributed by atoms with E-state index in [1.165, 1.54) is 0 Å². The largest absolute Gasteiger partial charge is 0.416 e. The molecular formula is C9H9F3IN. The summed E-state index contributed by atoms with van der Waals surface area (Å²) < 4.78 is 37.7. The maximum absolute atomic E-state index is 12.4. The van der Waals surface area contributed by atoms with Gasteiger partial charge < -0.3 is 5.73 Å². The summed E-state index contributed by atoms with van der Waals surface area (Å²) in [6.07, 6.45) is -4.29. The minimum Gasteiger partial charge on any atom is -0.326 e. The molecule has 0 saturated carbocycles. The Labute approximate surface area is 93.6 Å². The van der Waals surface area contributed by atoms with Crippen molar-refractivity contribution in [2.75, 3.05) is 0 Å². The number of alkyl halides is 3. The molecule has 14 heavy (non-hydrogen) atoms. The number of halogens is 4. The second kappa shape index (κ2) is 4.06. The second-order valence-electron chi connectivity index (χ2n) is 2.94. The van der Waals surface area contributed by atoms with Gasteiger partial charge in [0.15, 0.2) is 0 Å². The Morgan fingerprint density at radius 1 is 1.36 bits per heavy atom. The summed E-state index contributed by atoms with van der Waals surface area (Å²) in [6, 6.07) is 2.24. The van der Waals surface area contributed by atoms with Crippen LogP contribution >= 0.6 is 22.6 Å². The quantitative estimate of drug-likeness (QED) is 0.792. The van der Waals surface area contributed by atoms with E-state index in [0.717, 1.165) is 17.7 Å². The summed E-state index contributed by atoms with van der Waals surface area (Å²) in [6.45, 7) is 1.90. The third kappa shape index (κ3) is 2.38. The van der Waals surface area contributed by atoms with Crippen LogP contribution in [0.25, 0.3) is 0 Å². The minimum absolute atomic E-state index is 0.131. The van der Waals surface area contributed by atoms with Gasteiger partial charge in [0.05, 0.1) is 5.56 Å². The Morgan fingerprint density at radius 3 is 2.36 bits per heavy atom. The first-order valence-electron chi connectivity index (χ1n) is 3.92. The molecule has 0 unspecified atom stereocenters. The van der Waals surface area contributed by atoms with E-state index < -0.39 is 11.7 Å². The lowest BCUT2D eigenvalue weighted by atomic mass is 10.0. The van der Waals surface area contributed by atoms with Crippen LogP contribution in [0.15, 0.2) is 12.1 Å². The molecule has 1 rings (SSSR count). The van der Waals surface area contributed by atoms with Crippen LogP contribution < -0.4 is 5.73 Å². The number of hydrogen-bond acceptors (Lipinski definition) is 1. The molecule has 0 heterocycles. The highest BCUT2D eigenvalue weighted by Gasteiger charge is 2.31. The molecule has 78 valence electrons. The van der Waals surface area contributed by atoms with Gasteiger partial charge in [-0.05, 0) is 52.8 Å². The zero-order valence-corrected chi connectivity index (χ0v) is 9.61. The Bertz CT molecular complexity index is 347. The van der Waals surface area contributed by atoms with Crippen molar-refractivity contribution in [2.45, 2.75) is 19.6 Å². The van der Waals surface area contributed by atoms with E-state index in [4.69, 9.17) is 5.73 Å². The van der Waals surface area contributed by atoms with Gasteiger partial charge in [0, 0.05) is 10.1 Å². The molecule has 0 aromatic heterocycles. The molecule has 0 atom stereocenters. The Balaban J connectivity index is 3.30. The number of benzene rings is 1. The summed E-state index contributed by atoms with van der Waals surface area (Å²) in [7, 11) is 0. The van der Waals surface area contributed by atoms with Crippen LogP contribution in [0.2, 0.25) is 0 Å². The molecule has 0 fully saturated rings. The summed E-state index contributed by atoms with van der Waals surface area (Å²) >= 11 is 1.88. The van der Waals surface area contributed by atoms with Crippen molar-refractivity contribution in [1.82, 2.24) is 0 Å². The van der Waals surface area contributed by atoms with Crippen LogP contribution in [0.5, 0.6) is 0 Å². The Kier molecular flexibility index (Phi) is 3.41. The van der Waals surface area contributed by atoms with E-state index in [-0.39, 0.29) is 6.54 Å². The maximum Gasteiger partial charge on any atom is 0.416 e. The predicted molar refractivity (Wildman–Crippen MR) is 56.8 cm³/mol. The molecule has 0 aliphatic heterocycles. The average molecular weight is 315 g/mol. The van der Waals surface area contributed by atoms with Gasteiger partial charge in [-0.2, -0.15) is 13.2 Å². The van der Waals surface area contributed by atoms with Crippen molar-refractivity contribution in [2.24, 2.45) is 5.73 Å². The lowest BCUT2D eigenvalue weighted by molar-refractivity contribution is -0.137. The average Bonchev–Trinajstić information content (AvgIpc) is 2.07. The smallest absolute Gasteiger partial charge is 0.326 e. The van der Waals surface area contributed by atoms with Gasteiger partial charge >= 0.3 is 6.18 Å². The number of rotatable bonds is 1. The van der Waals surface area contributed by atoms with Crippen molar-refractivity contribution in [1.29, 1.82) is 0 Å². The molecule has 0 aliphatic carbocycles. The van der Waals surface area contributed by atoms with Gasteiger partial charge in [-0.25, -0.2) is 0 Å². The Hall–Kier alpha value is -0.300. The van der Waals surface area contributed by atoms with Crippen molar-refractivity contribution in [3.05, 3.63) is 32.4 Å². The molecule has 0 amide bonds. The number of hydrogen-bond donors (Lipinski definition) is 1. The van der Waals surface area contributed by atoms with Crippen molar-refractivity contribution >= 4 is 22.6 Å². The van der Waals surface area contributed by atoms with Gasteiger partial charge in [0.25, 0.3) is 0 Å². The SMILES string of the molecule is Cc1c(I)cc(C(F)(F)F)cc1CN. The van der Waals surface area contributed by atoms with E-state index >= 15 is 0 Å². The Morgan fingerprint density at radius 2 is 1.93 bits per heavy atom. The van der Waals surface area contributed by atoms with Crippen LogP contribution in [0.4, 0.5) is 13.2 Å². The van der Waals surface area contributed by atoms with Gasteiger partial charge in [-0.3, -0.25) is 0 Å². The topological polar surface area (TPSA) is 26.0 Å². The van der Waals surface area contributed by atoms with Crippen molar-refractivity contribution in [3.63, 3.8) is 0 Å². The van der Waals surface area contributed by atoms with Gasteiger partial charge in [-0.1, -0.05) is 0 Å². The van der Waals surface area contributed by atoms with Crippen molar-refractivity contribution in [3.8, 4) is 0 Å². The fourth-order valence-corrected chi connectivity index (χ4v) is 1.79. The van der Waals surface area contributed by atoms with E-state index in [9.17, 15) is 13.2 Å². The molecule has 0 aliphatic rings. The lowest BCUT2D eigenvalue weighted by Crippen LogP contribution is -2.09. The first-order chi connectivity index (χ1) is 6.36. The normalized spacial score (nSPS) is 11.9. The van der Waals surface area contributed by atoms with Crippen LogP contribution in [-0.4, -0.2) is 0 Å². The van der Waals surface area contributed by atoms with E-state index in [1.807, 2.05) is 22.6 Å². The van der Waals surface area contributed by atoms with Crippen LogP contribution in [0.1, 0.15) is 16.7 Å². The maximum atomic E-state index is 12.4. The minimum atomic E-state index is -4.29. The fraction of sp³-hybridized carbons (Fsp3) is 0.333. The van der Waals surface area contributed by atoms with E-state index in [1.54, 1.807) is 6.92 Å². The van der Waals surface area contributed by atoms with Crippen LogP contribution in [0, 0.1) is 10.5 Å². The summed E-state index contributed by atoms with van der Waals surface area (Å²) in [5.41, 5.74) is 6.10. The summed E-state index contributed by atoms with van der Waals surface area (Å²) in [5.74, 6) is 0. The van der Waals surface area contributed by atoms with Crippen LogP contribution in [0.3, 0.4) is 0 Å². The zero-order valence-electron chi connectivity index (χ0n) is 7.45. The summed E-state index contributed by atoms with van der Waals surface area (Å²) in [4.78, 5) is 0. The molecule has 0 spiro atoms. The van der Waals surface area contributed by atoms with Gasteiger partial charge in [-0.15, -0.1) is 0 Å². The molecule has 5 heteroatoms. The molecule has 1 nitrogen and oxygen atoms in total. The van der Waals surface area contributed by atoms with Gasteiger partial charge in [0.2, 0.25) is 0 Å². The van der Waals surface area contributed by atoms with E-state index in [2.05, 4.69) is 0 Å². The molecule has 0 radical (unpaired) electrons. The third-order valence-corrected chi connectivity index (χ3v) is 3.12. The third-order valence-electron chi connectivity index (χ3n) is 2.00. The first-order valence-corrected chi connectivity index (χ1v) is 5.00.